The summed E-state index contributed by atoms with van der Waals surface area (Å²) in [6.45, 7) is -0.0470. The number of aromatic nitrogens is 5. The number of benzene rings is 2. The van der Waals surface area contributed by atoms with Gasteiger partial charge in [-0.05, 0) is 64.5 Å². The van der Waals surface area contributed by atoms with Crippen LogP contribution in [0.1, 0.15) is 11.3 Å². The number of pyridine rings is 1. The van der Waals surface area contributed by atoms with E-state index in [4.69, 9.17) is 11.6 Å². The third kappa shape index (κ3) is 4.76. The number of nitrogens with zero attached hydrogens (tertiary/aromatic N) is 5. The normalized spacial score (nSPS) is 11.7. The van der Waals surface area contributed by atoms with Gasteiger partial charge < -0.3 is 0 Å². The fourth-order valence-corrected chi connectivity index (χ4v) is 4.51. The van der Waals surface area contributed by atoms with Crippen molar-refractivity contribution in [1.29, 1.82) is 0 Å². The molecule has 2 aromatic heterocycles. The molecular weight excluding hydrogens is 443 g/mol. The number of hydrogen-bond donors (Lipinski definition) is 1. The Kier molecular flexibility index (Phi) is 6.03. The van der Waals surface area contributed by atoms with Crippen LogP contribution in [-0.2, 0) is 23.1 Å². The smallest absolute Gasteiger partial charge is 0.243 e. The summed E-state index contributed by atoms with van der Waals surface area (Å²) in [5.74, 6) is -0.388. The maximum Gasteiger partial charge on any atom is 0.243 e. The van der Waals surface area contributed by atoms with Crippen LogP contribution in [0.15, 0.2) is 71.8 Å². The van der Waals surface area contributed by atoms with Crippen LogP contribution < -0.4 is 0 Å². The number of H-pyrrole nitrogens is 1. The SMILES string of the molecule is O=S(=O)(c1ccc(Cl)cc1)N(Cc1ccc(-c2nnn[nH]2)c(F)c1)Cc1ccccn1. The number of sulfonamides is 1. The van der Waals surface area contributed by atoms with Gasteiger partial charge in [-0.15, -0.1) is 5.10 Å². The molecule has 0 amide bonds. The molecular formula is C20H16ClFN6O2S. The molecule has 0 saturated heterocycles. The third-order valence-electron chi connectivity index (χ3n) is 4.51. The maximum absolute atomic E-state index is 14.6. The summed E-state index contributed by atoms with van der Waals surface area (Å²) in [5.41, 5.74) is 1.21. The average Bonchev–Trinajstić information content (AvgIpc) is 3.29. The van der Waals surface area contributed by atoms with Crippen LogP contribution in [0.3, 0.4) is 0 Å². The van der Waals surface area contributed by atoms with Crippen molar-refractivity contribution in [2.75, 3.05) is 0 Å². The summed E-state index contributed by atoms with van der Waals surface area (Å²) < 4.78 is 42.5. The largest absolute Gasteiger partial charge is 0.260 e. The number of nitrogens with one attached hydrogen (secondary N) is 1. The molecule has 158 valence electrons. The number of halogens is 2. The molecule has 1 N–H and O–H groups in total. The Hall–Kier alpha value is -3.21. The quantitative estimate of drug-likeness (QED) is 0.455. The highest BCUT2D eigenvalue weighted by Crippen LogP contribution is 2.24. The van der Waals surface area contributed by atoms with E-state index in [1.165, 1.54) is 40.7 Å². The van der Waals surface area contributed by atoms with E-state index in [2.05, 4.69) is 25.6 Å². The van der Waals surface area contributed by atoms with Gasteiger partial charge in [-0.3, -0.25) is 4.98 Å². The first-order valence-corrected chi connectivity index (χ1v) is 10.9. The number of tetrazole rings is 1. The molecule has 0 aliphatic carbocycles. The van der Waals surface area contributed by atoms with E-state index in [0.717, 1.165) is 0 Å². The Balaban J connectivity index is 1.68. The van der Waals surface area contributed by atoms with Crippen molar-refractivity contribution in [3.05, 3.63) is 89.0 Å². The van der Waals surface area contributed by atoms with E-state index >= 15 is 0 Å². The molecule has 31 heavy (non-hydrogen) atoms. The van der Waals surface area contributed by atoms with Crippen LogP contribution in [0.5, 0.6) is 0 Å². The van der Waals surface area contributed by atoms with Gasteiger partial charge in [-0.1, -0.05) is 23.7 Å². The second-order valence-corrected chi connectivity index (χ2v) is 8.99. The lowest BCUT2D eigenvalue weighted by atomic mass is 10.1. The molecule has 2 heterocycles. The van der Waals surface area contributed by atoms with Crippen molar-refractivity contribution in [1.82, 2.24) is 29.9 Å². The molecule has 8 nitrogen and oxygen atoms in total. The summed E-state index contributed by atoms with van der Waals surface area (Å²) in [4.78, 5) is 4.30. The van der Waals surface area contributed by atoms with Gasteiger partial charge in [0, 0.05) is 17.8 Å². The van der Waals surface area contributed by atoms with Crippen molar-refractivity contribution in [3.63, 3.8) is 0 Å². The highest BCUT2D eigenvalue weighted by atomic mass is 35.5. The predicted molar refractivity (Wildman–Crippen MR) is 112 cm³/mol. The highest BCUT2D eigenvalue weighted by Gasteiger charge is 2.26. The van der Waals surface area contributed by atoms with Crippen molar-refractivity contribution in [2.45, 2.75) is 18.0 Å². The van der Waals surface area contributed by atoms with E-state index in [9.17, 15) is 12.8 Å². The van der Waals surface area contributed by atoms with Crippen LogP contribution >= 0.6 is 11.6 Å². The van der Waals surface area contributed by atoms with E-state index in [1.54, 1.807) is 30.5 Å². The molecule has 2 aromatic carbocycles. The Morgan fingerprint density at radius 1 is 1.03 bits per heavy atom. The van der Waals surface area contributed by atoms with Gasteiger partial charge >= 0.3 is 0 Å². The molecule has 0 bridgehead atoms. The summed E-state index contributed by atoms with van der Waals surface area (Å²) >= 11 is 5.90. The highest BCUT2D eigenvalue weighted by molar-refractivity contribution is 7.89. The third-order valence-corrected chi connectivity index (χ3v) is 6.57. The van der Waals surface area contributed by atoms with Crippen molar-refractivity contribution >= 4 is 21.6 Å². The lowest BCUT2D eigenvalue weighted by Gasteiger charge is -2.22. The van der Waals surface area contributed by atoms with Crippen LogP contribution in [0.2, 0.25) is 5.02 Å². The molecule has 0 aliphatic heterocycles. The van der Waals surface area contributed by atoms with Crippen molar-refractivity contribution in [3.8, 4) is 11.4 Å². The summed E-state index contributed by atoms with van der Waals surface area (Å²) in [7, 11) is -3.91. The molecule has 0 saturated carbocycles. The van der Waals surface area contributed by atoms with Gasteiger partial charge in [0.2, 0.25) is 10.0 Å². The second kappa shape index (κ2) is 8.88. The molecule has 0 unspecified atom stereocenters. The lowest BCUT2D eigenvalue weighted by molar-refractivity contribution is 0.396. The minimum Gasteiger partial charge on any atom is -0.260 e. The Labute approximate surface area is 182 Å². The first kappa shape index (κ1) is 21.0. The van der Waals surface area contributed by atoms with Gasteiger partial charge in [0.05, 0.1) is 22.7 Å². The minimum atomic E-state index is -3.91. The number of aromatic amines is 1. The summed E-state index contributed by atoms with van der Waals surface area (Å²) in [6, 6.07) is 15.5. The van der Waals surface area contributed by atoms with Gasteiger partial charge in [-0.2, -0.15) is 4.31 Å². The molecule has 0 aliphatic rings. The lowest BCUT2D eigenvalue weighted by Crippen LogP contribution is -2.30. The van der Waals surface area contributed by atoms with Gasteiger partial charge in [0.25, 0.3) is 0 Å². The zero-order chi connectivity index (χ0) is 21.8. The van der Waals surface area contributed by atoms with E-state index in [0.29, 0.717) is 16.3 Å². The number of hydrogen-bond acceptors (Lipinski definition) is 6. The van der Waals surface area contributed by atoms with Gasteiger partial charge in [0.1, 0.15) is 5.82 Å². The number of rotatable bonds is 7. The van der Waals surface area contributed by atoms with Crippen molar-refractivity contribution in [2.24, 2.45) is 0 Å². The molecule has 4 aromatic rings. The molecule has 0 atom stereocenters. The monoisotopic (exact) mass is 458 g/mol. The van der Waals surface area contributed by atoms with E-state index < -0.39 is 15.8 Å². The standard InChI is InChI=1S/C20H16ClFN6O2S/c21-15-5-7-17(8-6-15)31(29,30)28(13-16-3-1-2-10-23-16)12-14-4-9-18(19(22)11-14)20-24-26-27-25-20/h1-11H,12-13H2,(H,24,25,26,27). The van der Waals surface area contributed by atoms with Gasteiger partial charge in [0.15, 0.2) is 5.82 Å². The van der Waals surface area contributed by atoms with Crippen LogP contribution in [0.4, 0.5) is 4.39 Å². The zero-order valence-corrected chi connectivity index (χ0v) is 17.6. The molecule has 0 spiro atoms. The van der Waals surface area contributed by atoms with Crippen molar-refractivity contribution < 1.29 is 12.8 Å². The molecule has 0 fully saturated rings. The Morgan fingerprint density at radius 2 is 1.84 bits per heavy atom. The zero-order valence-electron chi connectivity index (χ0n) is 16.0. The summed E-state index contributed by atoms with van der Waals surface area (Å²) in [5, 5.41) is 13.5. The molecule has 4 rings (SSSR count). The van der Waals surface area contributed by atoms with E-state index in [1.807, 2.05) is 0 Å². The minimum absolute atomic E-state index is 0.0151. The van der Waals surface area contributed by atoms with Gasteiger partial charge in [-0.25, -0.2) is 17.9 Å². The first-order chi connectivity index (χ1) is 14.9. The fourth-order valence-electron chi connectivity index (χ4n) is 2.98. The predicted octanol–water partition coefficient (Wildman–Crippen LogP) is 3.45. The topological polar surface area (TPSA) is 105 Å². The fraction of sp³-hybridized carbons (Fsp3) is 0.100. The van der Waals surface area contributed by atoms with E-state index in [-0.39, 0.29) is 29.4 Å². The second-order valence-electron chi connectivity index (χ2n) is 6.61. The van der Waals surface area contributed by atoms with Crippen LogP contribution in [0, 0.1) is 5.82 Å². The Morgan fingerprint density at radius 3 is 2.48 bits per heavy atom. The molecule has 0 radical (unpaired) electrons. The summed E-state index contributed by atoms with van der Waals surface area (Å²) in [6.07, 6.45) is 1.59. The maximum atomic E-state index is 14.6. The first-order valence-electron chi connectivity index (χ1n) is 9.11. The Bertz CT molecular complexity index is 1270. The molecule has 11 heteroatoms. The average molecular weight is 459 g/mol. The van der Waals surface area contributed by atoms with Crippen LogP contribution in [-0.4, -0.2) is 38.3 Å². The van der Waals surface area contributed by atoms with Crippen LogP contribution in [0.25, 0.3) is 11.4 Å².